The first kappa shape index (κ1) is 8.93. The highest BCUT2D eigenvalue weighted by atomic mass is 16.5. The normalized spacial score (nSPS) is 17.2. The van der Waals surface area contributed by atoms with E-state index in [2.05, 4.69) is 0 Å². The van der Waals surface area contributed by atoms with Gasteiger partial charge in [-0.25, -0.2) is 0 Å². The predicted molar refractivity (Wildman–Crippen MR) is 42.4 cm³/mol. The van der Waals surface area contributed by atoms with Gasteiger partial charge in [-0.2, -0.15) is 0 Å². The molecular weight excluding hydrogens is 158 g/mol. The lowest BCUT2D eigenvalue weighted by Gasteiger charge is -2.12. The van der Waals surface area contributed by atoms with Gasteiger partial charge in [-0.1, -0.05) is 0 Å². The second-order valence-electron chi connectivity index (χ2n) is 2.62. The summed E-state index contributed by atoms with van der Waals surface area (Å²) in [6.07, 6.45) is 1.35. The fourth-order valence-corrected chi connectivity index (χ4v) is 1.03. The minimum Gasteiger partial charge on any atom is -0.383 e. The SMILES string of the molecule is COCCN1C(=O)C=C(C)C1=O. The van der Waals surface area contributed by atoms with Crippen molar-refractivity contribution in [2.45, 2.75) is 6.92 Å². The lowest BCUT2D eigenvalue weighted by atomic mass is 10.3. The van der Waals surface area contributed by atoms with Crippen LogP contribution in [0.2, 0.25) is 0 Å². The monoisotopic (exact) mass is 169 g/mol. The summed E-state index contributed by atoms with van der Waals surface area (Å²) in [4.78, 5) is 23.5. The van der Waals surface area contributed by atoms with Crippen LogP contribution in [0.1, 0.15) is 6.92 Å². The summed E-state index contributed by atoms with van der Waals surface area (Å²) < 4.78 is 4.77. The Morgan fingerprint density at radius 3 is 2.58 bits per heavy atom. The number of imide groups is 1. The van der Waals surface area contributed by atoms with E-state index in [9.17, 15) is 9.59 Å². The molecule has 0 aromatic heterocycles. The van der Waals surface area contributed by atoms with E-state index in [1.807, 2.05) is 0 Å². The van der Waals surface area contributed by atoms with Crippen molar-refractivity contribution in [2.75, 3.05) is 20.3 Å². The quantitative estimate of drug-likeness (QED) is 0.556. The molecule has 4 nitrogen and oxygen atoms in total. The standard InChI is InChI=1S/C8H11NO3/c1-6-5-7(10)9(8(6)11)3-4-12-2/h5H,3-4H2,1-2H3. The maximum atomic E-state index is 11.2. The molecule has 0 N–H and O–H groups in total. The molecule has 0 unspecified atom stereocenters. The van der Waals surface area contributed by atoms with Crippen molar-refractivity contribution in [1.82, 2.24) is 4.90 Å². The number of nitrogens with zero attached hydrogens (tertiary/aromatic N) is 1. The van der Waals surface area contributed by atoms with E-state index in [-0.39, 0.29) is 11.8 Å². The summed E-state index contributed by atoms with van der Waals surface area (Å²) >= 11 is 0. The van der Waals surface area contributed by atoms with Crippen LogP contribution in [0, 0.1) is 0 Å². The number of hydrogen-bond acceptors (Lipinski definition) is 3. The minimum absolute atomic E-state index is 0.211. The van der Waals surface area contributed by atoms with Crippen LogP contribution in [0.25, 0.3) is 0 Å². The van der Waals surface area contributed by atoms with Crippen LogP contribution >= 0.6 is 0 Å². The van der Waals surface area contributed by atoms with Gasteiger partial charge in [0, 0.05) is 18.8 Å². The third-order valence-electron chi connectivity index (χ3n) is 1.71. The number of carbonyl (C=O) groups is 2. The van der Waals surface area contributed by atoms with Gasteiger partial charge in [-0.3, -0.25) is 14.5 Å². The van der Waals surface area contributed by atoms with Gasteiger partial charge in [0.2, 0.25) is 0 Å². The highest BCUT2D eigenvalue weighted by molar-refractivity contribution is 6.15. The third kappa shape index (κ3) is 1.53. The van der Waals surface area contributed by atoms with Crippen molar-refractivity contribution in [1.29, 1.82) is 0 Å². The summed E-state index contributed by atoms with van der Waals surface area (Å²) in [5, 5.41) is 0. The van der Waals surface area contributed by atoms with Crippen LogP contribution in [-0.2, 0) is 14.3 Å². The van der Waals surface area contributed by atoms with E-state index >= 15 is 0 Å². The van der Waals surface area contributed by atoms with Gasteiger partial charge in [0.25, 0.3) is 11.8 Å². The summed E-state index contributed by atoms with van der Waals surface area (Å²) in [6, 6.07) is 0. The van der Waals surface area contributed by atoms with Crippen molar-refractivity contribution in [2.24, 2.45) is 0 Å². The topological polar surface area (TPSA) is 46.6 Å². The first-order chi connectivity index (χ1) is 5.66. The minimum atomic E-state index is -0.241. The van der Waals surface area contributed by atoms with E-state index in [1.54, 1.807) is 6.92 Å². The molecule has 1 rings (SSSR count). The van der Waals surface area contributed by atoms with Gasteiger partial charge >= 0.3 is 0 Å². The molecule has 12 heavy (non-hydrogen) atoms. The van der Waals surface area contributed by atoms with Crippen molar-refractivity contribution in [3.63, 3.8) is 0 Å². The first-order valence-electron chi connectivity index (χ1n) is 3.70. The molecule has 0 saturated heterocycles. The summed E-state index contributed by atoms with van der Waals surface area (Å²) in [5.74, 6) is -0.452. The smallest absolute Gasteiger partial charge is 0.256 e. The molecule has 0 fully saturated rings. The highest BCUT2D eigenvalue weighted by Crippen LogP contribution is 2.10. The fraction of sp³-hybridized carbons (Fsp3) is 0.500. The maximum absolute atomic E-state index is 11.2. The molecule has 66 valence electrons. The molecule has 4 heteroatoms. The third-order valence-corrected chi connectivity index (χ3v) is 1.71. The number of ether oxygens (including phenoxy) is 1. The van der Waals surface area contributed by atoms with Crippen LogP contribution in [-0.4, -0.2) is 37.0 Å². The van der Waals surface area contributed by atoms with Crippen molar-refractivity contribution >= 4 is 11.8 Å². The molecule has 2 amide bonds. The number of amides is 2. The molecule has 0 bridgehead atoms. The van der Waals surface area contributed by atoms with Crippen molar-refractivity contribution in [3.8, 4) is 0 Å². The molecule has 0 atom stereocenters. The van der Waals surface area contributed by atoms with Gasteiger partial charge < -0.3 is 4.74 Å². The average Bonchev–Trinajstić information content (AvgIpc) is 2.25. The van der Waals surface area contributed by atoms with E-state index in [4.69, 9.17) is 4.74 Å². The zero-order valence-corrected chi connectivity index (χ0v) is 7.16. The van der Waals surface area contributed by atoms with Gasteiger partial charge in [0.05, 0.1) is 13.2 Å². The molecule has 1 heterocycles. The van der Waals surface area contributed by atoms with Gasteiger partial charge in [0.15, 0.2) is 0 Å². The van der Waals surface area contributed by atoms with E-state index in [0.29, 0.717) is 18.7 Å². The van der Waals surface area contributed by atoms with Crippen LogP contribution in [0.3, 0.4) is 0 Å². The van der Waals surface area contributed by atoms with Gasteiger partial charge in [0.1, 0.15) is 0 Å². The van der Waals surface area contributed by atoms with E-state index in [0.717, 1.165) is 0 Å². The lowest BCUT2D eigenvalue weighted by molar-refractivity contribution is -0.137. The van der Waals surface area contributed by atoms with Gasteiger partial charge in [-0.05, 0) is 6.92 Å². The Kier molecular flexibility index (Phi) is 2.60. The zero-order chi connectivity index (χ0) is 9.14. The molecule has 0 saturated carbocycles. The fourth-order valence-electron chi connectivity index (χ4n) is 1.03. The Bertz CT molecular complexity index is 245. The molecule has 1 aliphatic rings. The molecule has 0 aromatic rings. The molecular formula is C8H11NO3. The highest BCUT2D eigenvalue weighted by Gasteiger charge is 2.27. The Morgan fingerprint density at radius 1 is 1.50 bits per heavy atom. The van der Waals surface area contributed by atoms with Crippen molar-refractivity contribution < 1.29 is 14.3 Å². The Balaban J connectivity index is 2.58. The summed E-state index contributed by atoms with van der Waals surface area (Å²) in [6.45, 7) is 2.35. The summed E-state index contributed by atoms with van der Waals surface area (Å²) in [7, 11) is 1.53. The number of carbonyl (C=O) groups excluding carboxylic acids is 2. The van der Waals surface area contributed by atoms with E-state index in [1.165, 1.54) is 18.1 Å². The Hall–Kier alpha value is -1.16. The number of methoxy groups -OCH3 is 1. The zero-order valence-electron chi connectivity index (χ0n) is 7.16. The second kappa shape index (κ2) is 3.49. The molecule has 0 aromatic carbocycles. The average molecular weight is 169 g/mol. The lowest BCUT2D eigenvalue weighted by Crippen LogP contribution is -2.33. The van der Waals surface area contributed by atoms with Gasteiger partial charge in [-0.15, -0.1) is 0 Å². The summed E-state index contributed by atoms with van der Waals surface area (Å²) in [5.41, 5.74) is 0.496. The first-order valence-corrected chi connectivity index (χ1v) is 3.70. The molecule has 0 spiro atoms. The Labute approximate surface area is 70.8 Å². The molecule has 0 aliphatic carbocycles. The van der Waals surface area contributed by atoms with Crippen LogP contribution < -0.4 is 0 Å². The van der Waals surface area contributed by atoms with Crippen molar-refractivity contribution in [3.05, 3.63) is 11.6 Å². The maximum Gasteiger partial charge on any atom is 0.256 e. The number of rotatable bonds is 3. The largest absolute Gasteiger partial charge is 0.383 e. The van der Waals surface area contributed by atoms with E-state index < -0.39 is 0 Å². The Morgan fingerprint density at radius 2 is 2.17 bits per heavy atom. The predicted octanol–water partition coefficient (Wildman–Crippen LogP) is -0.0521. The molecule has 0 radical (unpaired) electrons. The molecule has 1 aliphatic heterocycles. The van der Waals surface area contributed by atoms with Crippen LogP contribution in [0.5, 0.6) is 0 Å². The number of hydrogen-bond donors (Lipinski definition) is 0. The second-order valence-corrected chi connectivity index (χ2v) is 2.62. The van der Waals surface area contributed by atoms with Crippen LogP contribution in [0.15, 0.2) is 11.6 Å². The van der Waals surface area contributed by atoms with Crippen LogP contribution in [0.4, 0.5) is 0 Å².